The highest BCUT2D eigenvalue weighted by molar-refractivity contribution is 6.04. The first-order valence-electron chi connectivity index (χ1n) is 7.13. The minimum atomic E-state index is -4.51. The molecule has 0 fully saturated rings. The second kappa shape index (κ2) is 6.39. The van der Waals surface area contributed by atoms with Crippen LogP contribution in [0.4, 0.5) is 23.2 Å². The largest absolute Gasteiger partial charge is 0.432 e. The molecule has 2 N–H and O–H groups in total. The van der Waals surface area contributed by atoms with E-state index in [-0.39, 0.29) is 16.9 Å². The van der Waals surface area contributed by atoms with E-state index in [1.165, 1.54) is 42.5 Å². The molecule has 128 valence electrons. The van der Waals surface area contributed by atoms with Crippen molar-refractivity contribution in [2.24, 2.45) is 0 Å². The molecule has 0 spiro atoms. The maximum absolute atomic E-state index is 13.5. The van der Waals surface area contributed by atoms with Crippen LogP contribution in [0.1, 0.15) is 16.1 Å². The van der Waals surface area contributed by atoms with Gasteiger partial charge in [0.05, 0.1) is 11.4 Å². The summed E-state index contributed by atoms with van der Waals surface area (Å²) in [4.78, 5) is 12.1. The van der Waals surface area contributed by atoms with E-state index in [2.05, 4.69) is 10.4 Å². The molecule has 0 radical (unpaired) electrons. The summed E-state index contributed by atoms with van der Waals surface area (Å²) in [6, 6.07) is 12.4. The topological polar surface area (TPSA) is 57.8 Å². The smallest absolute Gasteiger partial charge is 0.319 e. The van der Waals surface area contributed by atoms with Crippen LogP contribution in [0.2, 0.25) is 0 Å². The number of rotatable bonds is 3. The summed E-state index contributed by atoms with van der Waals surface area (Å²) in [5.74, 6) is -1.10. The number of nitrogens with one attached hydrogen (secondary N) is 2. The van der Waals surface area contributed by atoms with Crippen molar-refractivity contribution in [3.8, 4) is 11.3 Å². The highest BCUT2D eigenvalue weighted by atomic mass is 19.4. The molecule has 1 aromatic heterocycles. The first-order chi connectivity index (χ1) is 11.8. The van der Waals surface area contributed by atoms with Gasteiger partial charge in [0.15, 0.2) is 0 Å². The van der Waals surface area contributed by atoms with Crippen molar-refractivity contribution in [2.75, 3.05) is 5.32 Å². The summed E-state index contributed by atoms with van der Waals surface area (Å²) in [5, 5.41) is 7.96. The average molecular weight is 349 g/mol. The molecule has 0 unspecified atom stereocenters. The fourth-order valence-corrected chi connectivity index (χ4v) is 2.16. The lowest BCUT2D eigenvalue weighted by atomic mass is 10.1. The zero-order valence-electron chi connectivity index (χ0n) is 12.6. The van der Waals surface area contributed by atoms with Crippen molar-refractivity contribution < 1.29 is 22.4 Å². The number of benzene rings is 2. The Morgan fingerprint density at radius 3 is 2.32 bits per heavy atom. The average Bonchev–Trinajstić information content (AvgIpc) is 3.07. The predicted octanol–water partition coefficient (Wildman–Crippen LogP) is 4.49. The number of aromatic amines is 1. The second-order valence-corrected chi connectivity index (χ2v) is 5.18. The molecule has 0 aliphatic heterocycles. The molecule has 1 heterocycles. The molecule has 0 atom stereocenters. The Balaban J connectivity index is 1.77. The Hall–Kier alpha value is -3.16. The van der Waals surface area contributed by atoms with Crippen molar-refractivity contribution in [1.82, 2.24) is 10.2 Å². The molecule has 0 saturated carbocycles. The lowest BCUT2D eigenvalue weighted by Gasteiger charge is -2.06. The SMILES string of the molecule is O=C(Nc1ccccc1F)c1ccc(-c2cc(C(F)(F)F)[nH]n2)cc1. The number of nitrogens with zero attached hydrogens (tertiary/aromatic N) is 1. The van der Waals surface area contributed by atoms with Crippen molar-refractivity contribution in [2.45, 2.75) is 6.18 Å². The standard InChI is InChI=1S/C17H11F4N3O/c18-12-3-1-2-4-13(12)22-16(25)11-7-5-10(6-8-11)14-9-15(24-23-14)17(19,20)21/h1-9H,(H,22,25)(H,23,24). The third-order valence-corrected chi connectivity index (χ3v) is 3.45. The van der Waals surface area contributed by atoms with E-state index in [4.69, 9.17) is 0 Å². The van der Waals surface area contributed by atoms with Gasteiger partial charge in [-0.15, -0.1) is 0 Å². The van der Waals surface area contributed by atoms with Crippen LogP contribution in [0.3, 0.4) is 0 Å². The summed E-state index contributed by atoms with van der Waals surface area (Å²) in [6.45, 7) is 0. The van der Waals surface area contributed by atoms with Crippen LogP contribution in [0.15, 0.2) is 54.6 Å². The van der Waals surface area contributed by atoms with Crippen LogP contribution in [0.25, 0.3) is 11.3 Å². The van der Waals surface area contributed by atoms with Crippen LogP contribution in [0.5, 0.6) is 0 Å². The van der Waals surface area contributed by atoms with E-state index >= 15 is 0 Å². The van der Waals surface area contributed by atoms with E-state index in [9.17, 15) is 22.4 Å². The zero-order chi connectivity index (χ0) is 18.0. The number of hydrogen-bond donors (Lipinski definition) is 2. The van der Waals surface area contributed by atoms with Gasteiger partial charge in [-0.2, -0.15) is 18.3 Å². The molecule has 25 heavy (non-hydrogen) atoms. The van der Waals surface area contributed by atoms with Gasteiger partial charge in [0.1, 0.15) is 11.5 Å². The van der Waals surface area contributed by atoms with Crippen LogP contribution < -0.4 is 5.32 Å². The Labute approximate surface area is 139 Å². The van der Waals surface area contributed by atoms with Crippen molar-refractivity contribution in [3.05, 3.63) is 71.7 Å². The number of carbonyl (C=O) groups excluding carboxylic acids is 1. The number of para-hydroxylation sites is 1. The number of carbonyl (C=O) groups is 1. The Morgan fingerprint density at radius 2 is 1.72 bits per heavy atom. The summed E-state index contributed by atoms with van der Waals surface area (Å²) in [7, 11) is 0. The van der Waals surface area contributed by atoms with E-state index < -0.39 is 23.6 Å². The van der Waals surface area contributed by atoms with Gasteiger partial charge in [0, 0.05) is 11.1 Å². The Morgan fingerprint density at radius 1 is 1.04 bits per heavy atom. The van der Waals surface area contributed by atoms with Crippen molar-refractivity contribution >= 4 is 11.6 Å². The van der Waals surface area contributed by atoms with Crippen LogP contribution in [-0.2, 0) is 6.18 Å². The molecule has 3 aromatic rings. The van der Waals surface area contributed by atoms with E-state index in [0.717, 1.165) is 6.07 Å². The van der Waals surface area contributed by atoms with Gasteiger partial charge in [-0.05, 0) is 30.3 Å². The van der Waals surface area contributed by atoms with Gasteiger partial charge in [0.2, 0.25) is 0 Å². The van der Waals surface area contributed by atoms with E-state index in [0.29, 0.717) is 5.56 Å². The maximum Gasteiger partial charge on any atom is 0.432 e. The molecule has 0 bridgehead atoms. The number of anilines is 1. The van der Waals surface area contributed by atoms with Crippen molar-refractivity contribution in [3.63, 3.8) is 0 Å². The number of amides is 1. The van der Waals surface area contributed by atoms with Gasteiger partial charge in [0.25, 0.3) is 5.91 Å². The monoisotopic (exact) mass is 349 g/mol. The summed E-state index contributed by atoms with van der Waals surface area (Å²) >= 11 is 0. The molecule has 0 aliphatic carbocycles. The third-order valence-electron chi connectivity index (χ3n) is 3.45. The number of H-pyrrole nitrogens is 1. The molecular weight excluding hydrogens is 338 g/mol. The second-order valence-electron chi connectivity index (χ2n) is 5.18. The fourth-order valence-electron chi connectivity index (χ4n) is 2.16. The van der Waals surface area contributed by atoms with Gasteiger partial charge in [-0.1, -0.05) is 24.3 Å². The Kier molecular flexibility index (Phi) is 4.26. The number of alkyl halides is 3. The highest BCUT2D eigenvalue weighted by Crippen LogP contribution is 2.30. The zero-order valence-corrected chi connectivity index (χ0v) is 12.6. The van der Waals surface area contributed by atoms with Gasteiger partial charge in [-0.25, -0.2) is 4.39 Å². The number of aromatic nitrogens is 2. The maximum atomic E-state index is 13.5. The molecule has 8 heteroatoms. The van der Waals surface area contributed by atoms with Crippen LogP contribution >= 0.6 is 0 Å². The van der Waals surface area contributed by atoms with Gasteiger partial charge in [-0.3, -0.25) is 9.89 Å². The van der Waals surface area contributed by atoms with Crippen LogP contribution in [-0.4, -0.2) is 16.1 Å². The van der Waals surface area contributed by atoms with Gasteiger partial charge >= 0.3 is 6.18 Å². The minimum absolute atomic E-state index is 0.0405. The van der Waals surface area contributed by atoms with Crippen LogP contribution in [0, 0.1) is 5.82 Å². The summed E-state index contributed by atoms with van der Waals surface area (Å²) < 4.78 is 51.2. The fraction of sp³-hybridized carbons (Fsp3) is 0.0588. The molecule has 1 amide bonds. The number of halogens is 4. The molecule has 2 aromatic carbocycles. The van der Waals surface area contributed by atoms with E-state index in [1.54, 1.807) is 6.07 Å². The third kappa shape index (κ3) is 3.68. The van der Waals surface area contributed by atoms with E-state index in [1.807, 2.05) is 5.10 Å². The summed E-state index contributed by atoms with van der Waals surface area (Å²) in [5.41, 5.74) is -0.163. The molecule has 3 rings (SSSR count). The number of hydrogen-bond acceptors (Lipinski definition) is 2. The Bertz CT molecular complexity index is 901. The molecular formula is C17H11F4N3O. The predicted molar refractivity (Wildman–Crippen MR) is 83.4 cm³/mol. The highest BCUT2D eigenvalue weighted by Gasteiger charge is 2.33. The van der Waals surface area contributed by atoms with Gasteiger partial charge < -0.3 is 5.32 Å². The molecule has 4 nitrogen and oxygen atoms in total. The minimum Gasteiger partial charge on any atom is -0.319 e. The lowest BCUT2D eigenvalue weighted by Crippen LogP contribution is -2.12. The molecule has 0 saturated heterocycles. The first-order valence-corrected chi connectivity index (χ1v) is 7.13. The lowest BCUT2D eigenvalue weighted by molar-refractivity contribution is -0.141. The quantitative estimate of drug-likeness (QED) is 0.685. The summed E-state index contributed by atoms with van der Waals surface area (Å²) in [6.07, 6.45) is -4.51. The first kappa shape index (κ1) is 16.7. The normalized spacial score (nSPS) is 11.4. The molecule has 0 aliphatic rings. The van der Waals surface area contributed by atoms with Crippen molar-refractivity contribution in [1.29, 1.82) is 0 Å².